The van der Waals surface area contributed by atoms with Gasteiger partial charge in [0.1, 0.15) is 5.52 Å². The third-order valence-corrected chi connectivity index (χ3v) is 7.55. The average Bonchev–Trinajstić information content (AvgIpc) is 3.26. The lowest BCUT2D eigenvalue weighted by molar-refractivity contribution is 0.101. The Morgan fingerprint density at radius 1 is 1.00 bits per heavy atom. The Kier molecular flexibility index (Phi) is 7.59. The number of Topliss-reactive ketones (excluding diaryl/α,β-unsaturated/α-hetero) is 1. The van der Waals surface area contributed by atoms with E-state index in [0.29, 0.717) is 22.4 Å². The van der Waals surface area contributed by atoms with E-state index in [1.54, 1.807) is 24.3 Å². The number of piperazine rings is 1. The fraction of sp³-hybridized carbons (Fsp3) is 0.259. The summed E-state index contributed by atoms with van der Waals surface area (Å²) in [6.07, 6.45) is 1.21. The van der Waals surface area contributed by atoms with Crippen LogP contribution in [0.4, 0.5) is 17.4 Å². The van der Waals surface area contributed by atoms with Crippen LogP contribution in [-0.4, -0.2) is 63.6 Å². The maximum absolute atomic E-state index is 12.4. The molecule has 1 aromatic heterocycles. The van der Waals surface area contributed by atoms with E-state index in [4.69, 9.17) is 4.42 Å². The summed E-state index contributed by atoms with van der Waals surface area (Å²) in [5.74, 6) is 0.0122. The summed E-state index contributed by atoms with van der Waals surface area (Å²) in [6, 6.07) is 18.6. The standard InChI is InChI=1S/C27H28N4O4S.ClH/c1-18(32)19-7-9-20(10-8-19)24-5-4-6-25-26(24)35-27(29-25)28-21-15-22(17-23(16-21)36(3,33)34)31-13-11-30(2)12-14-31;/h4-10,15-17H,11-14H2,1-3H3,(H,28,29);1H. The summed E-state index contributed by atoms with van der Waals surface area (Å²) in [4.78, 5) is 20.9. The summed E-state index contributed by atoms with van der Waals surface area (Å²) in [7, 11) is -1.34. The molecule has 0 spiro atoms. The van der Waals surface area contributed by atoms with Gasteiger partial charge in [-0.15, -0.1) is 12.4 Å². The molecule has 3 aromatic carbocycles. The Balaban J connectivity index is 0.00000320. The summed E-state index contributed by atoms with van der Waals surface area (Å²) >= 11 is 0. The normalized spacial score (nSPS) is 14.4. The molecule has 2 heterocycles. The number of carbonyl (C=O) groups excluding carboxylic acids is 1. The van der Waals surface area contributed by atoms with Crippen molar-refractivity contribution >= 4 is 56.5 Å². The van der Waals surface area contributed by atoms with Crippen molar-refractivity contribution in [2.75, 3.05) is 49.7 Å². The van der Waals surface area contributed by atoms with Crippen molar-refractivity contribution in [2.24, 2.45) is 0 Å². The molecule has 1 saturated heterocycles. The maximum atomic E-state index is 12.4. The molecule has 10 heteroatoms. The molecule has 0 radical (unpaired) electrons. The number of fused-ring (bicyclic) bond motifs is 1. The van der Waals surface area contributed by atoms with Crippen LogP contribution in [0.1, 0.15) is 17.3 Å². The molecular formula is C27H29ClN4O4S. The van der Waals surface area contributed by atoms with Gasteiger partial charge in [-0.25, -0.2) is 8.42 Å². The van der Waals surface area contributed by atoms with Crippen LogP contribution in [0, 0.1) is 0 Å². The lowest BCUT2D eigenvalue weighted by Crippen LogP contribution is -2.44. The number of anilines is 3. The maximum Gasteiger partial charge on any atom is 0.300 e. The molecule has 1 N–H and O–H groups in total. The van der Waals surface area contributed by atoms with Crippen molar-refractivity contribution in [3.63, 3.8) is 0 Å². The lowest BCUT2D eigenvalue weighted by Gasteiger charge is -2.34. The van der Waals surface area contributed by atoms with Crippen molar-refractivity contribution in [3.05, 3.63) is 66.2 Å². The molecule has 0 aliphatic carbocycles. The molecule has 0 atom stereocenters. The van der Waals surface area contributed by atoms with Crippen molar-refractivity contribution < 1.29 is 17.6 Å². The molecule has 0 unspecified atom stereocenters. The van der Waals surface area contributed by atoms with Crippen LogP contribution in [0.15, 0.2) is 70.0 Å². The lowest BCUT2D eigenvalue weighted by atomic mass is 10.0. The van der Waals surface area contributed by atoms with Gasteiger partial charge in [0.25, 0.3) is 6.01 Å². The van der Waals surface area contributed by atoms with Gasteiger partial charge in [0.2, 0.25) is 0 Å². The highest BCUT2D eigenvalue weighted by atomic mass is 35.5. The highest BCUT2D eigenvalue weighted by Crippen LogP contribution is 2.33. The second kappa shape index (κ2) is 10.5. The number of carbonyl (C=O) groups is 1. The number of nitrogens with one attached hydrogen (secondary N) is 1. The number of aromatic nitrogens is 1. The van der Waals surface area contributed by atoms with Crippen molar-refractivity contribution in [1.29, 1.82) is 0 Å². The van der Waals surface area contributed by atoms with E-state index in [0.717, 1.165) is 43.0 Å². The number of rotatable bonds is 6. The zero-order valence-corrected chi connectivity index (χ0v) is 22.5. The monoisotopic (exact) mass is 540 g/mol. The van der Waals surface area contributed by atoms with Gasteiger partial charge in [-0.05, 0) is 43.8 Å². The first kappa shape index (κ1) is 26.7. The minimum absolute atomic E-state index is 0. The predicted octanol–water partition coefficient (Wildman–Crippen LogP) is 5.02. The Bertz CT molecular complexity index is 1540. The van der Waals surface area contributed by atoms with Crippen LogP contribution in [-0.2, 0) is 9.84 Å². The first-order chi connectivity index (χ1) is 17.2. The van der Waals surface area contributed by atoms with Gasteiger partial charge in [0, 0.05) is 54.9 Å². The van der Waals surface area contributed by atoms with Crippen LogP contribution in [0.25, 0.3) is 22.2 Å². The van der Waals surface area contributed by atoms with Crippen LogP contribution >= 0.6 is 12.4 Å². The van der Waals surface area contributed by atoms with Gasteiger partial charge in [-0.2, -0.15) is 4.98 Å². The van der Waals surface area contributed by atoms with Crippen molar-refractivity contribution in [2.45, 2.75) is 11.8 Å². The van der Waals surface area contributed by atoms with E-state index < -0.39 is 9.84 Å². The fourth-order valence-corrected chi connectivity index (χ4v) is 5.03. The predicted molar refractivity (Wildman–Crippen MR) is 149 cm³/mol. The summed E-state index contributed by atoms with van der Waals surface area (Å²) in [5, 5.41) is 3.17. The highest BCUT2D eigenvalue weighted by Gasteiger charge is 2.19. The minimum Gasteiger partial charge on any atom is -0.423 e. The average molecular weight is 541 g/mol. The molecule has 8 nitrogen and oxygen atoms in total. The number of oxazole rings is 1. The van der Waals surface area contributed by atoms with Gasteiger partial charge in [-0.1, -0.05) is 36.4 Å². The van der Waals surface area contributed by atoms with E-state index in [9.17, 15) is 13.2 Å². The Morgan fingerprint density at radius 2 is 1.70 bits per heavy atom. The topological polar surface area (TPSA) is 95.8 Å². The number of sulfone groups is 1. The number of nitrogens with zero attached hydrogens (tertiary/aromatic N) is 3. The molecule has 0 saturated carbocycles. The van der Waals surface area contributed by atoms with Crippen LogP contribution in [0.2, 0.25) is 0 Å². The number of likely N-dealkylation sites (N-methyl/N-ethyl adjacent to an activating group) is 1. The third-order valence-electron chi connectivity index (χ3n) is 6.46. The molecule has 1 aliphatic rings. The first-order valence-corrected chi connectivity index (χ1v) is 13.6. The zero-order valence-electron chi connectivity index (χ0n) is 20.9. The van der Waals surface area contributed by atoms with Crippen molar-refractivity contribution in [3.8, 4) is 11.1 Å². The largest absolute Gasteiger partial charge is 0.423 e. The Hall–Kier alpha value is -3.40. The number of para-hydroxylation sites is 1. The Morgan fingerprint density at radius 3 is 2.35 bits per heavy atom. The smallest absolute Gasteiger partial charge is 0.300 e. The first-order valence-electron chi connectivity index (χ1n) is 11.7. The van der Waals surface area contributed by atoms with Gasteiger partial charge >= 0.3 is 0 Å². The zero-order chi connectivity index (χ0) is 25.4. The van der Waals surface area contributed by atoms with Gasteiger partial charge < -0.3 is 19.5 Å². The number of hydrogen-bond acceptors (Lipinski definition) is 8. The molecule has 0 bridgehead atoms. The van der Waals surface area contributed by atoms with Crippen LogP contribution in [0.5, 0.6) is 0 Å². The van der Waals surface area contributed by atoms with E-state index in [1.807, 2.05) is 36.4 Å². The number of ketones is 1. The summed E-state index contributed by atoms with van der Waals surface area (Å²) in [6.45, 7) is 4.99. The number of hydrogen-bond donors (Lipinski definition) is 1. The summed E-state index contributed by atoms with van der Waals surface area (Å²) < 4.78 is 30.9. The van der Waals surface area contributed by atoms with Crippen LogP contribution < -0.4 is 10.2 Å². The van der Waals surface area contributed by atoms with Gasteiger partial charge in [0.15, 0.2) is 21.2 Å². The highest BCUT2D eigenvalue weighted by molar-refractivity contribution is 7.90. The summed E-state index contributed by atoms with van der Waals surface area (Å²) in [5.41, 5.74) is 5.11. The Labute approximate surface area is 222 Å². The van der Waals surface area contributed by atoms with E-state index in [2.05, 4.69) is 27.1 Å². The van der Waals surface area contributed by atoms with E-state index in [1.165, 1.54) is 13.2 Å². The van der Waals surface area contributed by atoms with Crippen LogP contribution in [0.3, 0.4) is 0 Å². The second-order valence-electron chi connectivity index (χ2n) is 9.21. The third kappa shape index (κ3) is 5.79. The van der Waals surface area contributed by atoms with Gasteiger partial charge in [0.05, 0.1) is 4.90 Å². The molecule has 194 valence electrons. The number of benzene rings is 3. The van der Waals surface area contributed by atoms with E-state index in [-0.39, 0.29) is 29.1 Å². The number of halogens is 1. The molecule has 1 aliphatic heterocycles. The molecule has 4 aromatic rings. The SMILES string of the molecule is CC(=O)c1ccc(-c2cccc3nc(Nc4cc(N5CCN(C)CC5)cc(S(C)(=O)=O)c4)oc23)cc1.Cl. The van der Waals surface area contributed by atoms with E-state index >= 15 is 0 Å². The molecule has 37 heavy (non-hydrogen) atoms. The van der Waals surface area contributed by atoms with Gasteiger partial charge in [-0.3, -0.25) is 4.79 Å². The fourth-order valence-electron chi connectivity index (χ4n) is 4.35. The second-order valence-corrected chi connectivity index (χ2v) is 11.2. The minimum atomic E-state index is -3.42. The quantitative estimate of drug-likeness (QED) is 0.341. The van der Waals surface area contributed by atoms with Crippen molar-refractivity contribution in [1.82, 2.24) is 9.88 Å². The molecule has 1 fully saturated rings. The molecule has 0 amide bonds. The molecular weight excluding hydrogens is 512 g/mol. The molecule has 5 rings (SSSR count).